The maximum Gasteiger partial charge on any atom is 0.407 e. The fourth-order valence-corrected chi connectivity index (χ4v) is 7.28. The van der Waals surface area contributed by atoms with Crippen LogP contribution in [0.15, 0.2) is 60.7 Å². The van der Waals surface area contributed by atoms with Crippen LogP contribution in [0.25, 0.3) is 0 Å². The van der Waals surface area contributed by atoms with Gasteiger partial charge in [0.2, 0.25) is 0 Å². The molecule has 0 aliphatic heterocycles. The summed E-state index contributed by atoms with van der Waals surface area (Å²) in [7, 11) is -2.74. The maximum atomic E-state index is 6.96. The first-order valence-electron chi connectivity index (χ1n) is 11.7. The van der Waals surface area contributed by atoms with Crippen molar-refractivity contribution in [3.8, 4) is 0 Å². The predicted molar refractivity (Wildman–Crippen MR) is 127 cm³/mol. The molecule has 0 radical (unpaired) electrons. The van der Waals surface area contributed by atoms with E-state index in [1.165, 1.54) is 42.5 Å². The van der Waals surface area contributed by atoms with Crippen molar-refractivity contribution in [2.75, 3.05) is 6.61 Å². The van der Waals surface area contributed by atoms with Crippen molar-refractivity contribution in [2.45, 2.75) is 84.7 Å². The second-order valence-corrected chi connectivity index (χ2v) is 10.8. The lowest BCUT2D eigenvalue weighted by Gasteiger charge is -2.35. The lowest BCUT2D eigenvalue weighted by molar-refractivity contribution is 0.119. The molecule has 29 heavy (non-hydrogen) atoms. The Morgan fingerprint density at radius 1 is 0.690 bits per heavy atom. The average Bonchev–Trinajstić information content (AvgIpc) is 2.78. The van der Waals surface area contributed by atoms with Gasteiger partial charge in [-0.25, -0.2) is 0 Å². The van der Waals surface area contributed by atoms with Crippen molar-refractivity contribution in [1.29, 1.82) is 0 Å². The van der Waals surface area contributed by atoms with Gasteiger partial charge in [0.15, 0.2) is 0 Å². The Morgan fingerprint density at radius 3 is 1.76 bits per heavy atom. The van der Waals surface area contributed by atoms with Gasteiger partial charge in [-0.3, -0.25) is 0 Å². The molecule has 2 aromatic rings. The molecular weight excluding hydrogens is 372 g/mol. The lowest BCUT2D eigenvalue weighted by atomic mass is 10.1. The van der Waals surface area contributed by atoms with E-state index < -0.39 is 8.56 Å². The first-order valence-corrected chi connectivity index (χ1v) is 13.5. The van der Waals surface area contributed by atoms with Crippen LogP contribution >= 0.6 is 0 Å². The molecule has 0 saturated heterocycles. The minimum absolute atomic E-state index is 0.233. The number of benzene rings is 2. The highest BCUT2D eigenvalue weighted by molar-refractivity contribution is 6.92. The third-order valence-electron chi connectivity index (χ3n) is 5.51. The van der Waals surface area contributed by atoms with E-state index >= 15 is 0 Å². The summed E-state index contributed by atoms with van der Waals surface area (Å²) in [5.74, 6) is 0. The lowest BCUT2D eigenvalue weighted by Crippen LogP contribution is -2.64. The molecule has 0 saturated carbocycles. The molecule has 3 heteroatoms. The molecule has 0 N–H and O–H groups in total. The Kier molecular flexibility index (Phi) is 11.3. The van der Waals surface area contributed by atoms with E-state index in [1.54, 1.807) is 0 Å². The largest absolute Gasteiger partial charge is 0.407 e. The smallest absolute Gasteiger partial charge is 0.388 e. The molecule has 160 valence electrons. The predicted octanol–water partition coefficient (Wildman–Crippen LogP) is 6.22. The molecule has 2 aromatic carbocycles. The van der Waals surface area contributed by atoms with Crippen molar-refractivity contribution in [2.24, 2.45) is 0 Å². The highest BCUT2D eigenvalue weighted by atomic mass is 28.4. The molecule has 1 unspecified atom stereocenters. The van der Waals surface area contributed by atoms with Crippen molar-refractivity contribution in [1.82, 2.24) is 0 Å². The molecule has 0 bridgehead atoms. The summed E-state index contributed by atoms with van der Waals surface area (Å²) < 4.78 is 13.8. The first kappa shape index (κ1) is 23.9. The van der Waals surface area contributed by atoms with Crippen LogP contribution in [0.4, 0.5) is 0 Å². The molecule has 0 spiro atoms. The van der Waals surface area contributed by atoms with Gasteiger partial charge in [-0.1, -0.05) is 120 Å². The Morgan fingerprint density at radius 2 is 1.24 bits per heavy atom. The van der Waals surface area contributed by atoms with Crippen molar-refractivity contribution >= 4 is 18.9 Å². The summed E-state index contributed by atoms with van der Waals surface area (Å²) in [6.45, 7) is 7.49. The molecule has 0 fully saturated rings. The van der Waals surface area contributed by atoms with Gasteiger partial charge in [0.05, 0.1) is 0 Å². The van der Waals surface area contributed by atoms with Crippen LogP contribution in [0.2, 0.25) is 0 Å². The normalized spacial score (nSPS) is 12.8. The molecule has 2 rings (SSSR count). The van der Waals surface area contributed by atoms with E-state index in [4.69, 9.17) is 8.85 Å². The number of unbranched alkanes of at least 4 members (excludes halogenated alkanes) is 5. The number of rotatable bonds is 15. The standard InChI is InChI=1S/C26H40O2Si/c1-4-7-8-9-10-17-23-27-29(25-19-13-11-14-20-25,26-21-15-12-16-22-26)28-24(6-3)18-5-2/h11-16,19-22,24H,4-10,17-18,23H2,1-3H3. The zero-order chi connectivity index (χ0) is 20.8. The van der Waals surface area contributed by atoms with Crippen molar-refractivity contribution in [3.05, 3.63) is 60.7 Å². The van der Waals surface area contributed by atoms with E-state index in [2.05, 4.69) is 81.4 Å². The summed E-state index contributed by atoms with van der Waals surface area (Å²) >= 11 is 0. The fourth-order valence-electron chi connectivity index (χ4n) is 3.82. The monoisotopic (exact) mass is 412 g/mol. The second kappa shape index (κ2) is 13.7. The van der Waals surface area contributed by atoms with Crippen LogP contribution < -0.4 is 10.4 Å². The molecule has 0 amide bonds. The molecule has 0 aliphatic rings. The summed E-state index contributed by atoms with van der Waals surface area (Å²) in [5.41, 5.74) is 0. The number of hydrogen-bond donors (Lipinski definition) is 0. The van der Waals surface area contributed by atoms with Gasteiger partial charge in [0.25, 0.3) is 0 Å². The van der Waals surface area contributed by atoms with Crippen LogP contribution in [0.5, 0.6) is 0 Å². The van der Waals surface area contributed by atoms with Gasteiger partial charge in [0, 0.05) is 12.7 Å². The SMILES string of the molecule is CCCCCCCCO[Si](OC(CC)CCC)(c1ccccc1)c1ccccc1. The summed E-state index contributed by atoms with van der Waals surface area (Å²) in [6, 6.07) is 21.4. The van der Waals surface area contributed by atoms with Crippen LogP contribution in [0, 0.1) is 0 Å². The molecular formula is C26H40O2Si. The van der Waals surface area contributed by atoms with Gasteiger partial charge < -0.3 is 8.85 Å². The van der Waals surface area contributed by atoms with Crippen LogP contribution in [-0.4, -0.2) is 21.3 Å². The Hall–Kier alpha value is -1.42. The molecule has 2 nitrogen and oxygen atoms in total. The fraction of sp³-hybridized carbons (Fsp3) is 0.538. The Bertz CT molecular complexity index is 605. The van der Waals surface area contributed by atoms with Gasteiger partial charge in [-0.15, -0.1) is 0 Å². The number of hydrogen-bond acceptors (Lipinski definition) is 2. The topological polar surface area (TPSA) is 18.5 Å². The zero-order valence-electron chi connectivity index (χ0n) is 18.7. The summed E-state index contributed by atoms with van der Waals surface area (Å²) in [5, 5.41) is 2.43. The van der Waals surface area contributed by atoms with Gasteiger partial charge in [-0.05, 0) is 29.6 Å². The quantitative estimate of drug-likeness (QED) is 0.255. The minimum Gasteiger partial charge on any atom is -0.388 e. The van der Waals surface area contributed by atoms with Gasteiger partial charge in [-0.2, -0.15) is 0 Å². The molecule has 0 aliphatic carbocycles. The highest BCUT2D eigenvalue weighted by Gasteiger charge is 2.44. The maximum absolute atomic E-state index is 6.96. The average molecular weight is 413 g/mol. The summed E-state index contributed by atoms with van der Waals surface area (Å²) in [4.78, 5) is 0. The van der Waals surface area contributed by atoms with E-state index in [0.717, 1.165) is 32.3 Å². The van der Waals surface area contributed by atoms with Crippen molar-refractivity contribution < 1.29 is 8.85 Å². The summed E-state index contributed by atoms with van der Waals surface area (Å²) in [6.07, 6.45) is 11.1. The van der Waals surface area contributed by atoms with Gasteiger partial charge in [0.1, 0.15) is 0 Å². The van der Waals surface area contributed by atoms with E-state index in [1.807, 2.05) is 0 Å². The molecule has 1 atom stereocenters. The molecule has 0 heterocycles. The second-order valence-electron chi connectivity index (χ2n) is 7.90. The Labute approximate surface area is 179 Å². The van der Waals surface area contributed by atoms with E-state index in [9.17, 15) is 0 Å². The van der Waals surface area contributed by atoms with E-state index in [-0.39, 0.29) is 6.10 Å². The van der Waals surface area contributed by atoms with Crippen LogP contribution in [0.1, 0.15) is 78.6 Å². The van der Waals surface area contributed by atoms with Crippen LogP contribution in [-0.2, 0) is 8.85 Å². The van der Waals surface area contributed by atoms with Crippen LogP contribution in [0.3, 0.4) is 0 Å². The third-order valence-corrected chi connectivity index (χ3v) is 8.97. The zero-order valence-corrected chi connectivity index (χ0v) is 19.7. The van der Waals surface area contributed by atoms with Gasteiger partial charge >= 0.3 is 8.56 Å². The highest BCUT2D eigenvalue weighted by Crippen LogP contribution is 2.18. The third kappa shape index (κ3) is 7.40. The minimum atomic E-state index is -2.74. The Balaban J connectivity index is 2.25. The van der Waals surface area contributed by atoms with Crippen molar-refractivity contribution in [3.63, 3.8) is 0 Å². The van der Waals surface area contributed by atoms with E-state index in [0.29, 0.717) is 0 Å². The first-order chi connectivity index (χ1) is 14.3. The molecule has 0 aromatic heterocycles.